The zero-order valence-electron chi connectivity index (χ0n) is 9.58. The minimum Gasteiger partial charge on any atom is -0.358 e. The average molecular weight is 230 g/mol. The standard InChI is InChI=1S/C9H18N4O3/c1-3-13(6-8(15)11-2)9(16)5-12-7(14)4-10/h3-6,10H2,1-2H3,(H,11,15)(H,12,14). The maximum atomic E-state index is 11.5. The topological polar surface area (TPSA) is 105 Å². The molecule has 0 aromatic carbocycles. The Morgan fingerprint density at radius 1 is 1.25 bits per heavy atom. The fraction of sp³-hybridized carbons (Fsp3) is 0.667. The van der Waals surface area contributed by atoms with Gasteiger partial charge in [0.2, 0.25) is 17.7 Å². The van der Waals surface area contributed by atoms with Crippen LogP contribution in [-0.2, 0) is 14.4 Å². The molecular weight excluding hydrogens is 212 g/mol. The average Bonchev–Trinajstić information content (AvgIpc) is 2.31. The summed E-state index contributed by atoms with van der Waals surface area (Å²) in [5, 5.41) is 4.77. The van der Waals surface area contributed by atoms with E-state index in [9.17, 15) is 14.4 Å². The number of carbonyl (C=O) groups excluding carboxylic acids is 3. The van der Waals surface area contributed by atoms with Crippen molar-refractivity contribution in [2.75, 3.05) is 33.2 Å². The van der Waals surface area contributed by atoms with E-state index in [1.54, 1.807) is 6.92 Å². The predicted octanol–water partition coefficient (Wildman–Crippen LogP) is -2.34. The van der Waals surface area contributed by atoms with E-state index < -0.39 is 5.91 Å². The van der Waals surface area contributed by atoms with Crippen LogP contribution in [0.5, 0.6) is 0 Å². The molecule has 0 saturated heterocycles. The van der Waals surface area contributed by atoms with Gasteiger partial charge in [0.25, 0.3) is 0 Å². The van der Waals surface area contributed by atoms with E-state index in [-0.39, 0.29) is 31.4 Å². The molecule has 0 spiro atoms. The van der Waals surface area contributed by atoms with Gasteiger partial charge in [-0.3, -0.25) is 14.4 Å². The molecule has 0 aliphatic heterocycles. The third-order valence-electron chi connectivity index (χ3n) is 1.97. The highest BCUT2D eigenvalue weighted by Gasteiger charge is 2.14. The van der Waals surface area contributed by atoms with Crippen molar-refractivity contribution in [1.29, 1.82) is 0 Å². The molecule has 16 heavy (non-hydrogen) atoms. The van der Waals surface area contributed by atoms with Crippen molar-refractivity contribution in [2.24, 2.45) is 5.73 Å². The van der Waals surface area contributed by atoms with Crippen molar-refractivity contribution in [3.05, 3.63) is 0 Å². The zero-order valence-corrected chi connectivity index (χ0v) is 9.58. The second kappa shape index (κ2) is 7.63. The molecule has 0 fully saturated rings. The van der Waals surface area contributed by atoms with Crippen molar-refractivity contribution in [3.8, 4) is 0 Å². The lowest BCUT2D eigenvalue weighted by molar-refractivity contribution is -0.136. The van der Waals surface area contributed by atoms with Gasteiger partial charge in [-0.05, 0) is 6.92 Å². The largest absolute Gasteiger partial charge is 0.358 e. The van der Waals surface area contributed by atoms with Crippen LogP contribution in [0, 0.1) is 0 Å². The first-order valence-electron chi connectivity index (χ1n) is 5.00. The Hall–Kier alpha value is -1.63. The van der Waals surface area contributed by atoms with E-state index >= 15 is 0 Å². The van der Waals surface area contributed by atoms with Gasteiger partial charge >= 0.3 is 0 Å². The van der Waals surface area contributed by atoms with Crippen molar-refractivity contribution >= 4 is 17.7 Å². The van der Waals surface area contributed by atoms with Crippen LogP contribution in [0.15, 0.2) is 0 Å². The molecule has 0 aliphatic rings. The smallest absolute Gasteiger partial charge is 0.242 e. The second-order valence-corrected chi connectivity index (χ2v) is 3.06. The molecule has 7 heteroatoms. The van der Waals surface area contributed by atoms with Crippen LogP contribution in [0.25, 0.3) is 0 Å². The molecule has 0 atom stereocenters. The molecule has 3 amide bonds. The van der Waals surface area contributed by atoms with Crippen molar-refractivity contribution in [3.63, 3.8) is 0 Å². The summed E-state index contributed by atoms with van der Waals surface area (Å²) in [4.78, 5) is 34.8. The van der Waals surface area contributed by atoms with E-state index in [2.05, 4.69) is 10.6 Å². The summed E-state index contributed by atoms with van der Waals surface area (Å²) >= 11 is 0. The molecule has 0 unspecified atom stereocenters. The molecule has 0 rings (SSSR count). The molecule has 0 bridgehead atoms. The van der Waals surface area contributed by atoms with Crippen LogP contribution in [0.4, 0.5) is 0 Å². The fourth-order valence-corrected chi connectivity index (χ4v) is 0.987. The molecule has 92 valence electrons. The van der Waals surface area contributed by atoms with Gasteiger partial charge in [-0.2, -0.15) is 0 Å². The van der Waals surface area contributed by atoms with Crippen LogP contribution in [0.2, 0.25) is 0 Å². The lowest BCUT2D eigenvalue weighted by atomic mass is 10.4. The van der Waals surface area contributed by atoms with E-state index in [1.807, 2.05) is 0 Å². The lowest BCUT2D eigenvalue weighted by Gasteiger charge is -2.19. The Kier molecular flexibility index (Phi) is 6.86. The SMILES string of the molecule is CCN(CC(=O)NC)C(=O)CNC(=O)CN. The molecule has 0 aliphatic carbocycles. The Morgan fingerprint density at radius 2 is 1.88 bits per heavy atom. The highest BCUT2D eigenvalue weighted by molar-refractivity contribution is 5.88. The summed E-state index contributed by atoms with van der Waals surface area (Å²) in [6, 6.07) is 0. The number of hydrogen-bond donors (Lipinski definition) is 3. The van der Waals surface area contributed by atoms with Crippen LogP contribution < -0.4 is 16.4 Å². The van der Waals surface area contributed by atoms with Crippen LogP contribution in [0.1, 0.15) is 6.92 Å². The third kappa shape index (κ3) is 5.30. The molecule has 0 radical (unpaired) electrons. The number of nitrogens with one attached hydrogen (secondary N) is 2. The summed E-state index contributed by atoms with van der Waals surface area (Å²) in [6.45, 7) is 1.86. The molecule has 0 saturated carbocycles. The Bertz CT molecular complexity index is 267. The van der Waals surface area contributed by atoms with Crippen LogP contribution in [0.3, 0.4) is 0 Å². The first-order chi connectivity index (χ1) is 7.54. The molecule has 7 nitrogen and oxygen atoms in total. The number of nitrogens with zero attached hydrogens (tertiary/aromatic N) is 1. The third-order valence-corrected chi connectivity index (χ3v) is 1.97. The Morgan fingerprint density at radius 3 is 2.31 bits per heavy atom. The summed E-state index contributed by atoms with van der Waals surface area (Å²) in [7, 11) is 1.50. The fourth-order valence-electron chi connectivity index (χ4n) is 0.987. The highest BCUT2D eigenvalue weighted by atomic mass is 16.2. The minimum atomic E-state index is -0.399. The van der Waals surface area contributed by atoms with Gasteiger partial charge in [0.15, 0.2) is 0 Å². The summed E-state index contributed by atoms with van der Waals surface area (Å²) in [6.07, 6.45) is 0. The number of amides is 3. The zero-order chi connectivity index (χ0) is 12.6. The summed E-state index contributed by atoms with van der Waals surface area (Å²) in [5.41, 5.74) is 5.07. The Balaban J connectivity index is 4.10. The normalized spacial score (nSPS) is 9.44. The maximum absolute atomic E-state index is 11.5. The summed E-state index contributed by atoms with van der Waals surface area (Å²) < 4.78 is 0. The van der Waals surface area contributed by atoms with Gasteiger partial charge < -0.3 is 21.3 Å². The minimum absolute atomic E-state index is 0.00959. The number of carbonyl (C=O) groups is 3. The van der Waals surface area contributed by atoms with E-state index in [1.165, 1.54) is 11.9 Å². The van der Waals surface area contributed by atoms with E-state index in [0.717, 1.165) is 0 Å². The van der Waals surface area contributed by atoms with Gasteiger partial charge in [-0.1, -0.05) is 0 Å². The molecular formula is C9H18N4O3. The Labute approximate surface area is 94.3 Å². The number of rotatable bonds is 6. The molecule has 0 heterocycles. The van der Waals surface area contributed by atoms with Gasteiger partial charge in [0.05, 0.1) is 19.6 Å². The van der Waals surface area contributed by atoms with Gasteiger partial charge in [0, 0.05) is 13.6 Å². The molecule has 4 N–H and O–H groups in total. The maximum Gasteiger partial charge on any atom is 0.242 e. The monoisotopic (exact) mass is 230 g/mol. The van der Waals surface area contributed by atoms with Gasteiger partial charge in [-0.15, -0.1) is 0 Å². The van der Waals surface area contributed by atoms with E-state index in [4.69, 9.17) is 5.73 Å². The quantitative estimate of drug-likeness (QED) is 0.475. The van der Waals surface area contributed by atoms with Crippen LogP contribution >= 0.6 is 0 Å². The number of likely N-dealkylation sites (N-methyl/N-ethyl adjacent to an activating group) is 2. The number of hydrogen-bond acceptors (Lipinski definition) is 4. The van der Waals surface area contributed by atoms with E-state index in [0.29, 0.717) is 6.54 Å². The highest BCUT2D eigenvalue weighted by Crippen LogP contribution is 1.88. The van der Waals surface area contributed by atoms with Gasteiger partial charge in [0.1, 0.15) is 0 Å². The van der Waals surface area contributed by atoms with Crippen LogP contribution in [-0.4, -0.2) is 55.8 Å². The van der Waals surface area contributed by atoms with Crippen molar-refractivity contribution < 1.29 is 14.4 Å². The first-order valence-corrected chi connectivity index (χ1v) is 5.00. The second-order valence-electron chi connectivity index (χ2n) is 3.06. The predicted molar refractivity (Wildman–Crippen MR) is 58.4 cm³/mol. The van der Waals surface area contributed by atoms with Crippen molar-refractivity contribution in [2.45, 2.75) is 6.92 Å². The van der Waals surface area contributed by atoms with Crippen molar-refractivity contribution in [1.82, 2.24) is 15.5 Å². The first kappa shape index (κ1) is 14.4. The lowest BCUT2D eigenvalue weighted by Crippen LogP contribution is -2.45. The number of nitrogens with two attached hydrogens (primary N) is 1. The molecule has 0 aromatic rings. The van der Waals surface area contributed by atoms with Gasteiger partial charge in [-0.25, -0.2) is 0 Å². The molecule has 0 aromatic heterocycles. The summed E-state index contributed by atoms with van der Waals surface area (Å²) in [5.74, 6) is -0.961.